The number of nitrogens with one attached hydrogen (secondary N) is 1. The monoisotopic (exact) mass is 267 g/mol. The van der Waals surface area contributed by atoms with Gasteiger partial charge >= 0.3 is 0 Å². The van der Waals surface area contributed by atoms with Crippen molar-refractivity contribution in [2.75, 3.05) is 11.0 Å². The molecule has 0 aromatic heterocycles. The van der Waals surface area contributed by atoms with Gasteiger partial charge < -0.3 is 5.32 Å². The number of hydrogen-bond donors (Lipinski definition) is 1. The van der Waals surface area contributed by atoms with Crippen LogP contribution in [-0.2, 0) is 4.79 Å². The van der Waals surface area contributed by atoms with Gasteiger partial charge in [-0.25, -0.2) is 0 Å². The average Bonchev–Trinajstić information content (AvgIpc) is 2.79. The van der Waals surface area contributed by atoms with Gasteiger partial charge in [-0.15, -0.1) is 0 Å². The molecule has 2 nitrogen and oxygen atoms in total. The van der Waals surface area contributed by atoms with Crippen molar-refractivity contribution in [1.29, 1.82) is 0 Å². The number of rotatable bonds is 5. The van der Waals surface area contributed by atoms with E-state index in [1.165, 1.54) is 10.8 Å². The molecule has 0 bridgehead atoms. The molecule has 0 aliphatic heterocycles. The molecular formula is C8H14INO. The fraction of sp³-hybridized carbons (Fsp3) is 0.875. The molecule has 1 aliphatic rings. The molecule has 0 unspecified atom stereocenters. The summed E-state index contributed by atoms with van der Waals surface area (Å²) in [6.45, 7) is 0.873. The van der Waals surface area contributed by atoms with Crippen molar-refractivity contribution < 1.29 is 4.79 Å². The lowest BCUT2D eigenvalue weighted by atomic mass is 10.3. The lowest BCUT2D eigenvalue weighted by molar-refractivity contribution is -0.122. The van der Waals surface area contributed by atoms with Gasteiger partial charge in [0, 0.05) is 12.5 Å². The second-order valence-corrected chi connectivity index (χ2v) is 4.04. The number of hydrogen-bond acceptors (Lipinski definition) is 1. The second kappa shape index (κ2) is 4.95. The first-order valence-electron chi connectivity index (χ1n) is 4.18. The van der Waals surface area contributed by atoms with Crippen molar-refractivity contribution in [3.63, 3.8) is 0 Å². The van der Waals surface area contributed by atoms with Crippen LogP contribution in [-0.4, -0.2) is 16.9 Å². The summed E-state index contributed by atoms with van der Waals surface area (Å²) >= 11 is 2.36. The first kappa shape index (κ1) is 9.29. The molecular weight excluding hydrogens is 253 g/mol. The normalized spacial score (nSPS) is 16.5. The first-order valence-corrected chi connectivity index (χ1v) is 5.71. The van der Waals surface area contributed by atoms with Crippen LogP contribution in [0.4, 0.5) is 0 Å². The van der Waals surface area contributed by atoms with E-state index in [0.717, 1.165) is 25.8 Å². The third kappa shape index (κ3) is 3.94. The fourth-order valence-corrected chi connectivity index (χ4v) is 1.46. The molecule has 1 N–H and O–H groups in total. The molecule has 0 saturated heterocycles. The zero-order chi connectivity index (χ0) is 8.10. The van der Waals surface area contributed by atoms with Crippen molar-refractivity contribution in [1.82, 2.24) is 5.32 Å². The summed E-state index contributed by atoms with van der Waals surface area (Å²) in [5, 5.41) is 2.94. The molecule has 0 radical (unpaired) electrons. The molecule has 1 amide bonds. The van der Waals surface area contributed by atoms with Gasteiger partial charge in [0.2, 0.25) is 5.91 Å². The maximum atomic E-state index is 11.1. The van der Waals surface area contributed by atoms with Crippen LogP contribution in [0.1, 0.15) is 25.7 Å². The number of carbonyl (C=O) groups excluding carboxylic acids is 1. The van der Waals surface area contributed by atoms with Gasteiger partial charge in [-0.05, 0) is 30.1 Å². The molecule has 0 spiro atoms. The highest BCUT2D eigenvalue weighted by molar-refractivity contribution is 14.1. The Labute approximate surface area is 81.3 Å². The molecule has 1 aliphatic carbocycles. The van der Waals surface area contributed by atoms with Crippen LogP contribution in [0, 0.1) is 5.92 Å². The summed E-state index contributed by atoms with van der Waals surface area (Å²) in [6.07, 6.45) is 4.56. The maximum Gasteiger partial charge on any atom is 0.223 e. The van der Waals surface area contributed by atoms with Crippen LogP contribution < -0.4 is 5.32 Å². The molecule has 0 atom stereocenters. The second-order valence-electron chi connectivity index (χ2n) is 2.96. The molecule has 0 heterocycles. The third-order valence-electron chi connectivity index (χ3n) is 1.81. The Balaban J connectivity index is 1.89. The fourth-order valence-electron chi connectivity index (χ4n) is 0.921. The van der Waals surface area contributed by atoms with Crippen LogP contribution >= 0.6 is 22.6 Å². The van der Waals surface area contributed by atoms with E-state index in [2.05, 4.69) is 27.9 Å². The predicted molar refractivity (Wildman–Crippen MR) is 53.9 cm³/mol. The van der Waals surface area contributed by atoms with Gasteiger partial charge in [0.15, 0.2) is 0 Å². The summed E-state index contributed by atoms with van der Waals surface area (Å²) in [4.78, 5) is 11.1. The van der Waals surface area contributed by atoms with E-state index in [0.29, 0.717) is 5.92 Å². The molecule has 0 aromatic rings. The Morgan fingerprint density at radius 2 is 2.18 bits per heavy atom. The van der Waals surface area contributed by atoms with E-state index < -0.39 is 0 Å². The van der Waals surface area contributed by atoms with Gasteiger partial charge in [-0.3, -0.25) is 4.79 Å². The first-order chi connectivity index (χ1) is 5.34. The summed E-state index contributed by atoms with van der Waals surface area (Å²) in [6, 6.07) is 0. The van der Waals surface area contributed by atoms with Crippen LogP contribution in [0.25, 0.3) is 0 Å². The van der Waals surface area contributed by atoms with Gasteiger partial charge in [0.1, 0.15) is 0 Å². The molecule has 1 fully saturated rings. The summed E-state index contributed by atoms with van der Waals surface area (Å²) in [7, 11) is 0. The Hall–Kier alpha value is 0.200. The Kier molecular flexibility index (Phi) is 4.18. The molecule has 1 saturated carbocycles. The SMILES string of the molecule is O=C(NCCCCI)C1CC1. The van der Waals surface area contributed by atoms with E-state index >= 15 is 0 Å². The van der Waals surface area contributed by atoms with E-state index in [1.807, 2.05) is 0 Å². The van der Waals surface area contributed by atoms with Crippen molar-refractivity contribution in [3.8, 4) is 0 Å². The number of halogens is 1. The highest BCUT2D eigenvalue weighted by Crippen LogP contribution is 2.28. The Morgan fingerprint density at radius 1 is 1.45 bits per heavy atom. The average molecular weight is 267 g/mol. The van der Waals surface area contributed by atoms with Crippen molar-refractivity contribution >= 4 is 28.5 Å². The smallest absolute Gasteiger partial charge is 0.223 e. The van der Waals surface area contributed by atoms with Crippen LogP contribution in [0.15, 0.2) is 0 Å². The summed E-state index contributed by atoms with van der Waals surface area (Å²) in [5.74, 6) is 0.646. The largest absolute Gasteiger partial charge is 0.356 e. The van der Waals surface area contributed by atoms with E-state index in [4.69, 9.17) is 0 Å². The minimum Gasteiger partial charge on any atom is -0.356 e. The molecule has 0 aromatic carbocycles. The van der Waals surface area contributed by atoms with Gasteiger partial charge in [0.05, 0.1) is 0 Å². The number of unbranched alkanes of at least 4 members (excludes halogenated alkanes) is 1. The van der Waals surface area contributed by atoms with Crippen molar-refractivity contribution in [3.05, 3.63) is 0 Å². The summed E-state index contributed by atoms with van der Waals surface area (Å²) in [5.41, 5.74) is 0. The van der Waals surface area contributed by atoms with E-state index in [9.17, 15) is 4.79 Å². The van der Waals surface area contributed by atoms with Gasteiger partial charge in [-0.1, -0.05) is 22.6 Å². The van der Waals surface area contributed by atoms with E-state index in [-0.39, 0.29) is 5.91 Å². The molecule has 64 valence electrons. The van der Waals surface area contributed by atoms with Crippen molar-refractivity contribution in [2.45, 2.75) is 25.7 Å². The number of alkyl halides is 1. The topological polar surface area (TPSA) is 29.1 Å². The van der Waals surface area contributed by atoms with Gasteiger partial charge in [-0.2, -0.15) is 0 Å². The highest BCUT2D eigenvalue weighted by atomic mass is 127. The quantitative estimate of drug-likeness (QED) is 0.459. The Morgan fingerprint density at radius 3 is 2.73 bits per heavy atom. The minimum atomic E-state index is 0.276. The number of amides is 1. The lowest BCUT2D eigenvalue weighted by Gasteiger charge is -2.01. The minimum absolute atomic E-state index is 0.276. The van der Waals surface area contributed by atoms with E-state index in [1.54, 1.807) is 0 Å². The molecule has 1 rings (SSSR count). The number of carbonyl (C=O) groups is 1. The molecule has 3 heteroatoms. The summed E-state index contributed by atoms with van der Waals surface area (Å²) < 4.78 is 1.19. The van der Waals surface area contributed by atoms with Crippen LogP contribution in [0.2, 0.25) is 0 Å². The zero-order valence-electron chi connectivity index (χ0n) is 6.61. The van der Waals surface area contributed by atoms with Crippen LogP contribution in [0.5, 0.6) is 0 Å². The van der Waals surface area contributed by atoms with Crippen LogP contribution in [0.3, 0.4) is 0 Å². The Bertz CT molecular complexity index is 134. The standard InChI is InChI=1S/C8H14INO/c9-5-1-2-6-10-8(11)7-3-4-7/h7H,1-6H2,(H,10,11). The van der Waals surface area contributed by atoms with Crippen molar-refractivity contribution in [2.24, 2.45) is 5.92 Å². The highest BCUT2D eigenvalue weighted by Gasteiger charge is 2.28. The molecule has 11 heavy (non-hydrogen) atoms. The predicted octanol–water partition coefficient (Wildman–Crippen LogP) is 1.73. The lowest BCUT2D eigenvalue weighted by Crippen LogP contribution is -2.25. The third-order valence-corrected chi connectivity index (χ3v) is 2.57. The van der Waals surface area contributed by atoms with Gasteiger partial charge in [0.25, 0.3) is 0 Å². The maximum absolute atomic E-state index is 11.1. The zero-order valence-corrected chi connectivity index (χ0v) is 8.76.